The Balaban J connectivity index is 1.41. The Bertz CT molecular complexity index is 1170. The van der Waals surface area contributed by atoms with E-state index < -0.39 is 0 Å². The molecule has 5 rings (SSSR count). The van der Waals surface area contributed by atoms with Gasteiger partial charge in [-0.05, 0) is 61.6 Å². The summed E-state index contributed by atoms with van der Waals surface area (Å²) in [6.07, 6.45) is 1.59. The summed E-state index contributed by atoms with van der Waals surface area (Å²) in [6, 6.07) is 18.5. The highest BCUT2D eigenvalue weighted by Crippen LogP contribution is 2.30. The third-order valence-electron chi connectivity index (χ3n) is 5.44. The predicted molar refractivity (Wildman–Crippen MR) is 123 cm³/mol. The van der Waals surface area contributed by atoms with Crippen molar-refractivity contribution in [2.75, 3.05) is 43.6 Å². The number of hydrogen-bond donors (Lipinski definition) is 2. The van der Waals surface area contributed by atoms with Crippen LogP contribution >= 0.6 is 0 Å². The quantitative estimate of drug-likeness (QED) is 0.489. The maximum absolute atomic E-state index is 5.95. The van der Waals surface area contributed by atoms with Crippen molar-refractivity contribution in [2.45, 2.75) is 6.54 Å². The maximum atomic E-state index is 5.95. The number of fused-ring (bicyclic) bond motifs is 1. The number of hydrogen-bond acceptors (Lipinski definition) is 7. The first-order chi connectivity index (χ1) is 15.3. The van der Waals surface area contributed by atoms with Crippen LogP contribution in [0.3, 0.4) is 0 Å². The second kappa shape index (κ2) is 8.75. The molecule has 1 aliphatic heterocycles. The summed E-state index contributed by atoms with van der Waals surface area (Å²) >= 11 is 0. The van der Waals surface area contributed by atoms with Crippen LogP contribution in [0.15, 0.2) is 65.3 Å². The number of nitrogens with zero attached hydrogens (tertiary/aromatic N) is 3. The number of anilines is 3. The lowest BCUT2D eigenvalue weighted by molar-refractivity contribution is 0.122. The summed E-state index contributed by atoms with van der Waals surface area (Å²) in [4.78, 5) is 11.3. The molecule has 0 amide bonds. The van der Waals surface area contributed by atoms with Crippen molar-refractivity contribution < 1.29 is 9.15 Å². The molecule has 4 aromatic rings. The molecule has 0 radical (unpaired) electrons. The van der Waals surface area contributed by atoms with Gasteiger partial charge in [0, 0.05) is 35.4 Å². The Labute approximate surface area is 181 Å². The first-order valence-electron chi connectivity index (χ1n) is 10.5. The van der Waals surface area contributed by atoms with Crippen LogP contribution in [0.2, 0.25) is 0 Å². The molecule has 0 spiro atoms. The van der Waals surface area contributed by atoms with Crippen LogP contribution in [0, 0.1) is 0 Å². The Hall–Kier alpha value is -3.42. The van der Waals surface area contributed by atoms with Gasteiger partial charge < -0.3 is 24.7 Å². The van der Waals surface area contributed by atoms with Gasteiger partial charge in [0.05, 0.1) is 25.3 Å². The number of ether oxygens (including phenoxy) is 1. The predicted octanol–water partition coefficient (Wildman–Crippen LogP) is 4.19. The summed E-state index contributed by atoms with van der Waals surface area (Å²) in [5.41, 5.74) is 4.07. The van der Waals surface area contributed by atoms with Crippen LogP contribution in [0.1, 0.15) is 5.76 Å². The Morgan fingerprint density at radius 2 is 1.81 bits per heavy atom. The molecule has 0 saturated carbocycles. The van der Waals surface area contributed by atoms with Gasteiger partial charge in [-0.15, -0.1) is 0 Å². The van der Waals surface area contributed by atoms with E-state index in [-0.39, 0.29) is 0 Å². The molecule has 1 fully saturated rings. The van der Waals surface area contributed by atoms with E-state index in [2.05, 4.69) is 55.8 Å². The topological polar surface area (TPSA) is 75.5 Å². The van der Waals surface area contributed by atoms with E-state index in [1.54, 1.807) is 6.33 Å². The van der Waals surface area contributed by atoms with Crippen molar-refractivity contribution in [1.82, 2.24) is 15.3 Å². The van der Waals surface area contributed by atoms with Crippen molar-refractivity contribution >= 4 is 28.1 Å². The minimum atomic E-state index is 0.698. The molecule has 0 bridgehead atoms. The molecular weight excluding hydrogens is 390 g/mol. The lowest BCUT2D eigenvalue weighted by Gasteiger charge is -2.28. The van der Waals surface area contributed by atoms with Gasteiger partial charge in [0.15, 0.2) is 0 Å². The fraction of sp³-hybridized carbons (Fsp3) is 0.250. The number of benzene rings is 2. The smallest absolute Gasteiger partial charge is 0.141 e. The van der Waals surface area contributed by atoms with E-state index in [9.17, 15) is 0 Å². The fourth-order valence-electron chi connectivity index (χ4n) is 3.83. The number of nitrogens with one attached hydrogen (secondary N) is 2. The second-order valence-corrected chi connectivity index (χ2v) is 7.52. The Kier molecular flexibility index (Phi) is 5.52. The molecule has 158 valence electrons. The fourth-order valence-corrected chi connectivity index (χ4v) is 3.83. The minimum absolute atomic E-state index is 0.698. The minimum Gasteiger partial charge on any atom is -0.460 e. The first-order valence-corrected chi connectivity index (χ1v) is 10.5. The van der Waals surface area contributed by atoms with Crippen molar-refractivity contribution in [3.63, 3.8) is 0 Å². The lowest BCUT2D eigenvalue weighted by Crippen LogP contribution is -2.36. The second-order valence-electron chi connectivity index (χ2n) is 7.52. The highest BCUT2D eigenvalue weighted by Gasteiger charge is 2.12. The summed E-state index contributed by atoms with van der Waals surface area (Å²) in [5, 5.41) is 7.50. The average molecular weight is 415 g/mol. The molecule has 1 aliphatic rings. The zero-order valence-corrected chi connectivity index (χ0v) is 17.5. The molecular formula is C24H25N5O2. The first kappa shape index (κ1) is 19.5. The monoisotopic (exact) mass is 415 g/mol. The van der Waals surface area contributed by atoms with Crippen LogP contribution in [0.5, 0.6) is 0 Å². The summed E-state index contributed by atoms with van der Waals surface area (Å²) < 4.78 is 11.4. The third kappa shape index (κ3) is 4.23. The maximum Gasteiger partial charge on any atom is 0.141 e. The Morgan fingerprint density at radius 1 is 0.968 bits per heavy atom. The third-order valence-corrected chi connectivity index (χ3v) is 5.44. The summed E-state index contributed by atoms with van der Waals surface area (Å²) in [5.74, 6) is 2.51. The standard InChI is InChI=1S/C24H25N5O2/c1-25-15-20-7-9-23(31-20)17-2-8-22-21(14-17)24(27-16-26-22)28-18-3-5-19(6-4-18)29-10-12-30-13-11-29/h2-9,14,16,25H,10-13,15H2,1H3,(H,26,27,28). The molecule has 0 aliphatic carbocycles. The normalized spacial score (nSPS) is 14.2. The Morgan fingerprint density at radius 3 is 2.61 bits per heavy atom. The SMILES string of the molecule is CNCc1ccc(-c2ccc3ncnc(Nc4ccc(N5CCOCC5)cc4)c3c2)o1. The number of furan rings is 1. The van der Waals surface area contributed by atoms with E-state index in [0.29, 0.717) is 6.54 Å². The molecule has 2 aromatic carbocycles. The van der Waals surface area contributed by atoms with Crippen LogP contribution < -0.4 is 15.5 Å². The molecule has 2 aromatic heterocycles. The van der Waals surface area contributed by atoms with Gasteiger partial charge >= 0.3 is 0 Å². The van der Waals surface area contributed by atoms with Gasteiger partial charge in [0.2, 0.25) is 0 Å². The van der Waals surface area contributed by atoms with Crippen molar-refractivity contribution in [1.29, 1.82) is 0 Å². The largest absolute Gasteiger partial charge is 0.460 e. The zero-order valence-electron chi connectivity index (χ0n) is 17.5. The number of morpholine rings is 1. The molecule has 0 atom stereocenters. The van der Waals surface area contributed by atoms with Gasteiger partial charge in [-0.2, -0.15) is 0 Å². The van der Waals surface area contributed by atoms with Gasteiger partial charge in [-0.25, -0.2) is 9.97 Å². The van der Waals surface area contributed by atoms with E-state index in [0.717, 1.165) is 65.8 Å². The van der Waals surface area contributed by atoms with Crippen LogP contribution in [0.4, 0.5) is 17.2 Å². The van der Waals surface area contributed by atoms with Crippen molar-refractivity contribution in [3.05, 3.63) is 66.7 Å². The highest BCUT2D eigenvalue weighted by molar-refractivity contribution is 5.93. The zero-order chi connectivity index (χ0) is 21.0. The van der Waals surface area contributed by atoms with Gasteiger partial charge in [-0.3, -0.25) is 0 Å². The molecule has 7 nitrogen and oxygen atoms in total. The van der Waals surface area contributed by atoms with Crippen LogP contribution in [-0.4, -0.2) is 43.3 Å². The molecule has 7 heteroatoms. The lowest BCUT2D eigenvalue weighted by atomic mass is 10.1. The molecule has 3 heterocycles. The van der Waals surface area contributed by atoms with E-state index in [1.807, 2.05) is 31.3 Å². The van der Waals surface area contributed by atoms with E-state index in [4.69, 9.17) is 9.15 Å². The van der Waals surface area contributed by atoms with Gasteiger partial charge in [-0.1, -0.05) is 0 Å². The summed E-state index contributed by atoms with van der Waals surface area (Å²) in [6.45, 7) is 4.11. The van der Waals surface area contributed by atoms with Gasteiger partial charge in [0.25, 0.3) is 0 Å². The molecule has 2 N–H and O–H groups in total. The van der Waals surface area contributed by atoms with Crippen molar-refractivity contribution in [2.24, 2.45) is 0 Å². The van der Waals surface area contributed by atoms with Crippen LogP contribution in [0.25, 0.3) is 22.2 Å². The van der Waals surface area contributed by atoms with Crippen molar-refractivity contribution in [3.8, 4) is 11.3 Å². The molecule has 31 heavy (non-hydrogen) atoms. The number of rotatable bonds is 6. The average Bonchev–Trinajstić information content (AvgIpc) is 3.29. The van der Waals surface area contributed by atoms with E-state index in [1.165, 1.54) is 5.69 Å². The molecule has 0 unspecified atom stereocenters. The number of aromatic nitrogens is 2. The summed E-state index contributed by atoms with van der Waals surface area (Å²) in [7, 11) is 1.90. The van der Waals surface area contributed by atoms with E-state index >= 15 is 0 Å². The van der Waals surface area contributed by atoms with Gasteiger partial charge in [0.1, 0.15) is 23.7 Å². The highest BCUT2D eigenvalue weighted by atomic mass is 16.5. The van der Waals surface area contributed by atoms with Crippen LogP contribution in [-0.2, 0) is 11.3 Å². The molecule has 1 saturated heterocycles.